The molecule has 0 bridgehead atoms. The van der Waals surface area contributed by atoms with E-state index in [1.807, 2.05) is 6.07 Å². The number of benzene rings is 1. The van der Waals surface area contributed by atoms with E-state index in [0.29, 0.717) is 29.0 Å². The number of carbonyl (C=O) groups excluding carboxylic acids is 2. The number of amides is 2. The fourth-order valence-electron chi connectivity index (χ4n) is 2.30. The maximum absolute atomic E-state index is 12.1. The van der Waals surface area contributed by atoms with Crippen molar-refractivity contribution in [2.75, 3.05) is 24.2 Å². The van der Waals surface area contributed by atoms with Gasteiger partial charge in [0.1, 0.15) is 12.4 Å². The van der Waals surface area contributed by atoms with Crippen molar-refractivity contribution in [2.24, 2.45) is 0 Å². The minimum Gasteiger partial charge on any atom is -0.323 e. The van der Waals surface area contributed by atoms with Crippen molar-refractivity contribution in [1.82, 2.24) is 14.7 Å². The zero-order chi connectivity index (χ0) is 17.1. The largest absolute Gasteiger partial charge is 0.323 e. The Morgan fingerprint density at radius 3 is 2.88 bits per heavy atom. The molecule has 2 amide bonds. The minimum atomic E-state index is -0.255. The second kappa shape index (κ2) is 7.46. The Morgan fingerprint density at radius 2 is 2.17 bits per heavy atom. The summed E-state index contributed by atoms with van der Waals surface area (Å²) in [5.41, 5.74) is 0.839. The van der Waals surface area contributed by atoms with Crippen molar-refractivity contribution in [3.63, 3.8) is 0 Å². The molecule has 126 valence electrons. The Balaban J connectivity index is 1.66. The van der Waals surface area contributed by atoms with E-state index >= 15 is 0 Å². The molecule has 1 aromatic heterocycles. The van der Waals surface area contributed by atoms with Gasteiger partial charge in [-0.25, -0.2) is 4.68 Å². The molecule has 1 fully saturated rings. The van der Waals surface area contributed by atoms with Gasteiger partial charge < -0.3 is 10.2 Å². The third kappa shape index (κ3) is 4.03. The van der Waals surface area contributed by atoms with Crippen LogP contribution in [0.1, 0.15) is 5.56 Å². The van der Waals surface area contributed by atoms with Crippen molar-refractivity contribution in [3.05, 3.63) is 46.1 Å². The first-order valence-corrected chi connectivity index (χ1v) is 8.94. The van der Waals surface area contributed by atoms with E-state index in [-0.39, 0.29) is 17.7 Å². The lowest BCUT2D eigenvalue weighted by Crippen LogP contribution is -2.33. The summed E-state index contributed by atoms with van der Waals surface area (Å²) in [6.07, 6.45) is 1.59. The zero-order valence-electron chi connectivity index (χ0n) is 12.5. The third-order valence-corrected chi connectivity index (χ3v) is 4.98. The molecule has 24 heavy (non-hydrogen) atoms. The van der Waals surface area contributed by atoms with E-state index in [1.165, 1.54) is 16.7 Å². The second-order valence-electron chi connectivity index (χ2n) is 5.19. The van der Waals surface area contributed by atoms with Gasteiger partial charge in [0, 0.05) is 28.4 Å². The van der Waals surface area contributed by atoms with Crippen LogP contribution in [-0.4, -0.2) is 44.7 Å². The number of aromatic nitrogens is 2. The summed E-state index contributed by atoms with van der Waals surface area (Å²) in [6.45, 7) is 1.03. The number of rotatable bonds is 5. The van der Waals surface area contributed by atoms with Crippen LogP contribution in [0.2, 0.25) is 10.0 Å². The molecule has 1 saturated heterocycles. The van der Waals surface area contributed by atoms with Crippen LogP contribution in [0.5, 0.6) is 0 Å². The van der Waals surface area contributed by atoms with E-state index in [9.17, 15) is 9.59 Å². The van der Waals surface area contributed by atoms with E-state index in [4.69, 9.17) is 23.2 Å². The number of carbonyl (C=O) groups is 2. The second-order valence-corrected chi connectivity index (χ2v) is 7.08. The van der Waals surface area contributed by atoms with Crippen LogP contribution < -0.4 is 5.32 Å². The van der Waals surface area contributed by atoms with Gasteiger partial charge in [-0.15, -0.1) is 0 Å². The van der Waals surface area contributed by atoms with E-state index in [2.05, 4.69) is 10.4 Å². The summed E-state index contributed by atoms with van der Waals surface area (Å²) < 4.78 is 1.63. The summed E-state index contributed by atoms with van der Waals surface area (Å²) in [6, 6.07) is 6.93. The van der Waals surface area contributed by atoms with Gasteiger partial charge in [0.2, 0.25) is 5.91 Å². The Bertz CT molecular complexity index is 781. The van der Waals surface area contributed by atoms with Crippen LogP contribution in [0.15, 0.2) is 30.5 Å². The Hall–Kier alpha value is -1.70. The Morgan fingerprint density at radius 1 is 1.33 bits per heavy atom. The predicted octanol–water partition coefficient (Wildman–Crippen LogP) is 3.35. The quantitative estimate of drug-likeness (QED) is 0.857. The lowest BCUT2D eigenvalue weighted by atomic mass is 10.2. The SMILES string of the molecule is O=C(CN1CCSC1=O)Nc1ccnn1Cc1ccc(Cl)cc1Cl. The fraction of sp³-hybridized carbons (Fsp3) is 0.267. The molecule has 0 aliphatic carbocycles. The molecule has 2 aromatic rings. The summed E-state index contributed by atoms with van der Waals surface area (Å²) in [5, 5.41) is 8.01. The van der Waals surface area contributed by atoms with Crippen molar-refractivity contribution >= 4 is 51.9 Å². The van der Waals surface area contributed by atoms with Crippen LogP contribution in [0.3, 0.4) is 0 Å². The number of anilines is 1. The molecule has 0 spiro atoms. The van der Waals surface area contributed by atoms with Crippen LogP contribution >= 0.6 is 35.0 Å². The number of nitrogens with one attached hydrogen (secondary N) is 1. The normalized spacial score (nSPS) is 14.2. The first kappa shape index (κ1) is 17.1. The van der Waals surface area contributed by atoms with Gasteiger partial charge in [-0.1, -0.05) is 41.0 Å². The lowest BCUT2D eigenvalue weighted by Gasteiger charge is -2.15. The number of hydrogen-bond acceptors (Lipinski definition) is 4. The smallest absolute Gasteiger partial charge is 0.282 e. The molecule has 1 aliphatic heterocycles. The standard InChI is InChI=1S/C15H14Cl2N4O2S/c16-11-2-1-10(12(17)7-11)8-21-13(3-4-18-21)19-14(22)9-20-5-6-24-15(20)23/h1-4,7H,5-6,8-9H2,(H,19,22). The van der Waals surface area contributed by atoms with Crippen molar-refractivity contribution in [3.8, 4) is 0 Å². The zero-order valence-corrected chi connectivity index (χ0v) is 14.9. The van der Waals surface area contributed by atoms with Gasteiger partial charge in [-0.3, -0.25) is 9.59 Å². The average molecular weight is 385 g/mol. The molecule has 6 nitrogen and oxygen atoms in total. The van der Waals surface area contributed by atoms with E-state index in [1.54, 1.807) is 29.1 Å². The molecule has 0 unspecified atom stereocenters. The van der Waals surface area contributed by atoms with Gasteiger partial charge in [0.05, 0.1) is 12.7 Å². The van der Waals surface area contributed by atoms with Gasteiger partial charge in [-0.2, -0.15) is 5.10 Å². The maximum Gasteiger partial charge on any atom is 0.282 e. The number of thioether (sulfide) groups is 1. The molecule has 1 aliphatic rings. The molecule has 0 radical (unpaired) electrons. The number of hydrogen-bond donors (Lipinski definition) is 1. The van der Waals surface area contributed by atoms with Crippen molar-refractivity contribution in [1.29, 1.82) is 0 Å². The molecule has 1 aromatic carbocycles. The van der Waals surface area contributed by atoms with E-state index < -0.39 is 0 Å². The minimum absolute atomic E-state index is 0.0404. The predicted molar refractivity (Wildman–Crippen MR) is 95.8 cm³/mol. The summed E-state index contributed by atoms with van der Waals surface area (Å²) in [4.78, 5) is 25.2. The third-order valence-electron chi connectivity index (χ3n) is 3.50. The Kier molecular flexibility index (Phi) is 5.33. The van der Waals surface area contributed by atoms with Crippen LogP contribution in [-0.2, 0) is 11.3 Å². The van der Waals surface area contributed by atoms with Gasteiger partial charge in [-0.05, 0) is 17.7 Å². The molecule has 9 heteroatoms. The molecule has 0 saturated carbocycles. The highest BCUT2D eigenvalue weighted by Crippen LogP contribution is 2.23. The van der Waals surface area contributed by atoms with E-state index in [0.717, 1.165) is 11.3 Å². The summed E-state index contributed by atoms with van der Waals surface area (Å²) in [5.74, 6) is 1.01. The molecule has 0 atom stereocenters. The highest BCUT2D eigenvalue weighted by Gasteiger charge is 2.23. The van der Waals surface area contributed by atoms with Gasteiger partial charge in [0.25, 0.3) is 5.24 Å². The van der Waals surface area contributed by atoms with Crippen LogP contribution in [0.25, 0.3) is 0 Å². The van der Waals surface area contributed by atoms with Crippen molar-refractivity contribution in [2.45, 2.75) is 6.54 Å². The van der Waals surface area contributed by atoms with Crippen molar-refractivity contribution < 1.29 is 9.59 Å². The fourth-order valence-corrected chi connectivity index (χ4v) is 3.59. The monoisotopic (exact) mass is 384 g/mol. The van der Waals surface area contributed by atoms with Crippen LogP contribution in [0, 0.1) is 0 Å². The molecule has 1 N–H and O–H groups in total. The van der Waals surface area contributed by atoms with Crippen LogP contribution in [0.4, 0.5) is 10.6 Å². The molecular formula is C15H14Cl2N4O2S. The maximum atomic E-state index is 12.1. The molecule has 3 rings (SSSR count). The first-order valence-electron chi connectivity index (χ1n) is 7.20. The topological polar surface area (TPSA) is 67.2 Å². The first-order chi connectivity index (χ1) is 11.5. The lowest BCUT2D eigenvalue weighted by molar-refractivity contribution is -0.116. The Labute approximate surface area is 153 Å². The number of nitrogens with zero attached hydrogens (tertiary/aromatic N) is 3. The highest BCUT2D eigenvalue weighted by atomic mass is 35.5. The summed E-state index contributed by atoms with van der Waals surface area (Å²) in [7, 11) is 0. The molecule has 2 heterocycles. The highest BCUT2D eigenvalue weighted by molar-refractivity contribution is 8.13. The average Bonchev–Trinajstić information content (AvgIpc) is 3.12. The number of halogens is 2. The summed E-state index contributed by atoms with van der Waals surface area (Å²) >= 11 is 13.3. The van der Waals surface area contributed by atoms with Gasteiger partial charge in [0.15, 0.2) is 0 Å². The van der Waals surface area contributed by atoms with Gasteiger partial charge >= 0.3 is 0 Å². The molecular weight excluding hydrogens is 371 g/mol.